The van der Waals surface area contributed by atoms with Crippen LogP contribution in [0.25, 0.3) is 17.1 Å². The van der Waals surface area contributed by atoms with Gasteiger partial charge in [-0.15, -0.1) is 5.10 Å². The van der Waals surface area contributed by atoms with Gasteiger partial charge in [-0.3, -0.25) is 4.57 Å². The van der Waals surface area contributed by atoms with Crippen LogP contribution >= 0.6 is 12.2 Å². The van der Waals surface area contributed by atoms with Crippen molar-refractivity contribution in [3.05, 3.63) is 64.4 Å². The molecule has 0 unspecified atom stereocenters. The van der Waals surface area contributed by atoms with Crippen LogP contribution in [0.1, 0.15) is 11.1 Å². The summed E-state index contributed by atoms with van der Waals surface area (Å²) in [6, 6.07) is 16.9. The van der Waals surface area contributed by atoms with E-state index in [4.69, 9.17) is 22.1 Å². The third kappa shape index (κ3) is 3.88. The molecule has 0 saturated carbocycles. The van der Waals surface area contributed by atoms with Crippen molar-refractivity contribution in [2.45, 2.75) is 20.5 Å². The molecule has 0 atom stereocenters. The van der Waals surface area contributed by atoms with Crippen LogP contribution in [0.3, 0.4) is 0 Å². The molecule has 27 heavy (non-hydrogen) atoms. The molecule has 0 spiro atoms. The maximum Gasteiger partial charge on any atom is 0.207 e. The maximum absolute atomic E-state index is 5.84. The van der Waals surface area contributed by atoms with Gasteiger partial charge in [-0.05, 0) is 38.2 Å². The highest BCUT2D eigenvalue weighted by Gasteiger charge is 2.19. The molecule has 2 aromatic carbocycles. The van der Waals surface area contributed by atoms with Gasteiger partial charge in [0.05, 0.1) is 13.2 Å². The Kier molecular flexibility index (Phi) is 5.20. The number of morpholine rings is 1. The predicted octanol–water partition coefficient (Wildman–Crippen LogP) is 2.56. The molecule has 0 bridgehead atoms. The standard InChI is InChI=1S/C21H24N4OS/c1-16-3-7-18(8-4-16)20-22-24(15-23-11-13-26-14-12-23)21(27)25(20)19-9-5-17(2)6-10-19/h3-10H,11-15H2,1-2H3/p+1. The summed E-state index contributed by atoms with van der Waals surface area (Å²) >= 11 is 5.84. The van der Waals surface area contributed by atoms with Crippen LogP contribution < -0.4 is 4.90 Å². The summed E-state index contributed by atoms with van der Waals surface area (Å²) in [5.41, 5.74) is 4.58. The van der Waals surface area contributed by atoms with E-state index >= 15 is 0 Å². The minimum absolute atomic E-state index is 0.730. The van der Waals surface area contributed by atoms with Crippen LogP contribution in [0.15, 0.2) is 48.5 Å². The van der Waals surface area contributed by atoms with Gasteiger partial charge < -0.3 is 9.64 Å². The largest absolute Gasteiger partial charge is 0.370 e. The minimum atomic E-state index is 0.730. The fourth-order valence-electron chi connectivity index (χ4n) is 3.36. The molecule has 6 heteroatoms. The second-order valence-electron chi connectivity index (χ2n) is 7.16. The number of aromatic nitrogens is 3. The Morgan fingerprint density at radius 1 is 0.963 bits per heavy atom. The number of quaternary nitrogens is 1. The first kappa shape index (κ1) is 18.1. The first-order valence-electron chi connectivity index (χ1n) is 9.37. The molecule has 1 fully saturated rings. The predicted molar refractivity (Wildman–Crippen MR) is 109 cm³/mol. The Morgan fingerprint density at radius 3 is 2.19 bits per heavy atom. The Balaban J connectivity index is 1.80. The summed E-state index contributed by atoms with van der Waals surface area (Å²) in [5.74, 6) is 0.886. The second kappa shape index (κ2) is 7.76. The molecule has 140 valence electrons. The maximum atomic E-state index is 5.84. The molecular weight excluding hydrogens is 356 g/mol. The Morgan fingerprint density at radius 2 is 1.56 bits per heavy atom. The zero-order valence-corrected chi connectivity index (χ0v) is 16.6. The highest BCUT2D eigenvalue weighted by Crippen LogP contribution is 2.23. The number of hydrogen-bond donors (Lipinski definition) is 1. The number of rotatable bonds is 4. The van der Waals surface area contributed by atoms with E-state index in [0.29, 0.717) is 0 Å². The van der Waals surface area contributed by atoms with Crippen LogP contribution in [0.4, 0.5) is 0 Å². The smallest absolute Gasteiger partial charge is 0.207 e. The highest BCUT2D eigenvalue weighted by atomic mass is 32.1. The van der Waals surface area contributed by atoms with Gasteiger partial charge in [0.2, 0.25) is 4.77 Å². The van der Waals surface area contributed by atoms with E-state index in [9.17, 15) is 0 Å². The van der Waals surface area contributed by atoms with Crippen molar-refractivity contribution in [3.8, 4) is 17.1 Å². The lowest BCUT2D eigenvalue weighted by atomic mass is 10.1. The molecule has 1 N–H and O–H groups in total. The summed E-state index contributed by atoms with van der Waals surface area (Å²) in [4.78, 5) is 1.45. The average Bonchev–Trinajstić information content (AvgIpc) is 3.00. The molecule has 1 aliphatic rings. The molecule has 3 aromatic rings. The second-order valence-corrected chi connectivity index (χ2v) is 7.53. The molecule has 0 amide bonds. The summed E-state index contributed by atoms with van der Waals surface area (Å²) < 4.78 is 10.3. The fraction of sp³-hybridized carbons (Fsp3) is 0.333. The fourth-order valence-corrected chi connectivity index (χ4v) is 3.65. The van der Waals surface area contributed by atoms with Crippen molar-refractivity contribution in [3.63, 3.8) is 0 Å². The molecule has 5 nitrogen and oxygen atoms in total. The van der Waals surface area contributed by atoms with E-state index in [1.807, 2.05) is 4.68 Å². The Bertz CT molecular complexity index is 967. The topological polar surface area (TPSA) is 36.4 Å². The van der Waals surface area contributed by atoms with Crippen LogP contribution in [-0.2, 0) is 11.4 Å². The lowest BCUT2D eigenvalue weighted by molar-refractivity contribution is -0.930. The number of benzene rings is 2. The van der Waals surface area contributed by atoms with Gasteiger partial charge in [-0.25, -0.2) is 0 Å². The van der Waals surface area contributed by atoms with Crippen LogP contribution in [-0.4, -0.2) is 40.7 Å². The third-order valence-corrected chi connectivity index (χ3v) is 5.41. The SMILES string of the molecule is Cc1ccc(-c2nn(C[NH+]3CCOCC3)c(=S)n2-c2ccc(C)cc2)cc1. The molecule has 1 saturated heterocycles. The van der Waals surface area contributed by atoms with Crippen LogP contribution in [0, 0.1) is 18.6 Å². The minimum Gasteiger partial charge on any atom is -0.370 e. The zero-order valence-electron chi connectivity index (χ0n) is 15.8. The quantitative estimate of drug-likeness (QED) is 0.706. The average molecular weight is 382 g/mol. The number of hydrogen-bond acceptors (Lipinski definition) is 3. The lowest BCUT2D eigenvalue weighted by Crippen LogP contribution is -3.13. The summed E-state index contributed by atoms with van der Waals surface area (Å²) in [5, 5.41) is 4.92. The lowest BCUT2D eigenvalue weighted by Gasteiger charge is -2.23. The molecule has 4 rings (SSSR count). The summed E-state index contributed by atoms with van der Waals surface area (Å²) in [6.45, 7) is 8.52. The van der Waals surface area contributed by atoms with E-state index in [1.165, 1.54) is 16.0 Å². The van der Waals surface area contributed by atoms with Crippen molar-refractivity contribution in [1.29, 1.82) is 0 Å². The summed E-state index contributed by atoms with van der Waals surface area (Å²) in [6.07, 6.45) is 0. The van der Waals surface area contributed by atoms with Gasteiger partial charge in [0.15, 0.2) is 12.5 Å². The molecule has 2 heterocycles. The van der Waals surface area contributed by atoms with Gasteiger partial charge in [0, 0.05) is 11.3 Å². The first-order valence-corrected chi connectivity index (χ1v) is 9.78. The van der Waals surface area contributed by atoms with Gasteiger partial charge >= 0.3 is 0 Å². The number of ether oxygens (including phenoxy) is 1. The van der Waals surface area contributed by atoms with Crippen LogP contribution in [0.2, 0.25) is 0 Å². The normalized spacial score (nSPS) is 15.2. The molecule has 0 radical (unpaired) electrons. The van der Waals surface area contributed by atoms with E-state index in [0.717, 1.165) is 54.8 Å². The van der Waals surface area contributed by atoms with Crippen molar-refractivity contribution in [1.82, 2.24) is 14.3 Å². The molecule has 1 aliphatic heterocycles. The van der Waals surface area contributed by atoms with Gasteiger partial charge in [-0.2, -0.15) is 4.68 Å². The van der Waals surface area contributed by atoms with E-state index in [-0.39, 0.29) is 0 Å². The van der Waals surface area contributed by atoms with Crippen LogP contribution in [0.5, 0.6) is 0 Å². The van der Waals surface area contributed by atoms with E-state index in [1.54, 1.807) is 0 Å². The van der Waals surface area contributed by atoms with E-state index in [2.05, 4.69) is 66.9 Å². The van der Waals surface area contributed by atoms with Crippen molar-refractivity contribution in [2.75, 3.05) is 26.3 Å². The highest BCUT2D eigenvalue weighted by molar-refractivity contribution is 7.71. The van der Waals surface area contributed by atoms with Gasteiger partial charge in [0.25, 0.3) is 0 Å². The number of aryl methyl sites for hydroxylation is 2. The first-order chi connectivity index (χ1) is 13.1. The molecular formula is C21H25N4OS+. The zero-order chi connectivity index (χ0) is 18.8. The third-order valence-electron chi connectivity index (χ3n) is 5.01. The Labute approximate surface area is 164 Å². The number of nitrogens with one attached hydrogen (secondary N) is 1. The Hall–Kier alpha value is -2.28. The van der Waals surface area contributed by atoms with Crippen molar-refractivity contribution >= 4 is 12.2 Å². The van der Waals surface area contributed by atoms with Crippen molar-refractivity contribution in [2.24, 2.45) is 0 Å². The monoisotopic (exact) mass is 381 g/mol. The number of nitrogens with zero attached hydrogens (tertiary/aromatic N) is 3. The molecule has 1 aromatic heterocycles. The summed E-state index contributed by atoms with van der Waals surface area (Å²) in [7, 11) is 0. The van der Waals surface area contributed by atoms with Gasteiger partial charge in [0.1, 0.15) is 13.1 Å². The molecule has 0 aliphatic carbocycles. The van der Waals surface area contributed by atoms with Crippen molar-refractivity contribution < 1.29 is 9.64 Å². The van der Waals surface area contributed by atoms with Gasteiger partial charge in [-0.1, -0.05) is 47.5 Å². The van der Waals surface area contributed by atoms with E-state index < -0.39 is 0 Å².